The molecule has 0 aromatic heterocycles. The van der Waals surface area contributed by atoms with Crippen molar-refractivity contribution >= 4 is 23.9 Å². The molecule has 8 nitrogen and oxygen atoms in total. The fraction of sp³-hybridized carbons (Fsp3) is 0.895. The minimum Gasteiger partial charge on any atom is -0.462 e. The van der Waals surface area contributed by atoms with Gasteiger partial charge in [0.2, 0.25) is 0 Å². The molecule has 0 spiro atoms. The third kappa shape index (κ3) is 9.95. The summed E-state index contributed by atoms with van der Waals surface area (Å²) in [6.45, 7) is 16.7. The first kappa shape index (κ1) is 38.3. The number of fused-ring (bicyclic) bond motifs is 2. The predicted octanol–water partition coefficient (Wildman–Crippen LogP) is 8.23. The quantitative estimate of drug-likeness (QED) is 0.0936. The third-order valence-corrected chi connectivity index (χ3v) is 11.7. The SMILES string of the molecule is CCCC(CC(C)C)C(=O)OCCOC(=O)C1CCCCC1C(=O)OCC(=O)OC(C)(C)C12CC(CC)CC(CC(C)(CC)C1)C2. The molecule has 0 saturated heterocycles. The molecule has 7 atom stereocenters. The summed E-state index contributed by atoms with van der Waals surface area (Å²) in [5.74, 6) is -1.63. The molecule has 3 aliphatic carbocycles. The lowest BCUT2D eigenvalue weighted by atomic mass is 9.47. The van der Waals surface area contributed by atoms with Gasteiger partial charge in [-0.1, -0.05) is 73.6 Å². The number of hydrogen-bond donors (Lipinski definition) is 0. The van der Waals surface area contributed by atoms with Crippen LogP contribution in [0.4, 0.5) is 0 Å². The van der Waals surface area contributed by atoms with Gasteiger partial charge < -0.3 is 18.9 Å². The summed E-state index contributed by atoms with van der Waals surface area (Å²) in [7, 11) is 0. The van der Waals surface area contributed by atoms with Crippen LogP contribution in [0.15, 0.2) is 0 Å². The lowest BCUT2D eigenvalue weighted by Gasteiger charge is -2.60. The highest BCUT2D eigenvalue weighted by atomic mass is 16.6. The van der Waals surface area contributed by atoms with Gasteiger partial charge in [-0.3, -0.25) is 14.4 Å². The molecule has 0 aromatic rings. The van der Waals surface area contributed by atoms with Crippen molar-refractivity contribution in [2.45, 2.75) is 151 Å². The molecule has 7 unspecified atom stereocenters. The standard InChI is InChI=1S/C38H64O8/c1-9-14-29(19-26(4)5)33(40)43-17-18-44-34(41)30-15-12-13-16-31(30)35(42)45-24-32(39)46-36(6,7)38-22-27(10-2)20-28(23-38)21-37(8,11-3)25-38/h26-31H,9-25H2,1-8H3. The number of ether oxygens (including phenoxy) is 4. The Hall–Kier alpha value is -2.12. The van der Waals surface area contributed by atoms with Crippen molar-refractivity contribution in [3.63, 3.8) is 0 Å². The van der Waals surface area contributed by atoms with Gasteiger partial charge in [0.1, 0.15) is 18.8 Å². The minimum atomic E-state index is -0.689. The summed E-state index contributed by atoms with van der Waals surface area (Å²) in [6, 6.07) is 0. The second-order valence-corrected chi connectivity index (χ2v) is 16.1. The van der Waals surface area contributed by atoms with Crippen molar-refractivity contribution in [2.24, 2.45) is 46.3 Å². The fourth-order valence-corrected chi connectivity index (χ4v) is 9.11. The van der Waals surface area contributed by atoms with Gasteiger partial charge >= 0.3 is 23.9 Å². The largest absolute Gasteiger partial charge is 0.462 e. The van der Waals surface area contributed by atoms with E-state index >= 15 is 0 Å². The number of carbonyl (C=O) groups is 4. The van der Waals surface area contributed by atoms with E-state index in [4.69, 9.17) is 18.9 Å². The maximum Gasteiger partial charge on any atom is 0.344 e. The maximum absolute atomic E-state index is 13.2. The Kier molecular flexibility index (Phi) is 14.0. The van der Waals surface area contributed by atoms with Gasteiger partial charge in [-0.2, -0.15) is 0 Å². The third-order valence-electron chi connectivity index (χ3n) is 11.7. The molecule has 0 radical (unpaired) electrons. The summed E-state index contributed by atoms with van der Waals surface area (Å²) < 4.78 is 22.6. The van der Waals surface area contributed by atoms with Gasteiger partial charge in [0.15, 0.2) is 6.61 Å². The molecular formula is C38H64O8. The molecule has 3 aliphatic rings. The van der Waals surface area contributed by atoms with Crippen LogP contribution in [0.1, 0.15) is 145 Å². The highest BCUT2D eigenvalue weighted by Crippen LogP contribution is 2.63. The highest BCUT2D eigenvalue weighted by molar-refractivity contribution is 5.84. The van der Waals surface area contributed by atoms with Crippen LogP contribution in [-0.2, 0) is 38.1 Å². The van der Waals surface area contributed by atoms with Crippen molar-refractivity contribution in [1.29, 1.82) is 0 Å². The van der Waals surface area contributed by atoms with Gasteiger partial charge in [0, 0.05) is 5.41 Å². The van der Waals surface area contributed by atoms with E-state index in [1.54, 1.807) is 0 Å². The summed E-state index contributed by atoms with van der Waals surface area (Å²) in [6.07, 6.45) is 12.9. The fourth-order valence-electron chi connectivity index (χ4n) is 9.11. The lowest BCUT2D eigenvalue weighted by molar-refractivity contribution is -0.199. The lowest BCUT2D eigenvalue weighted by Crippen LogP contribution is -2.56. The molecule has 46 heavy (non-hydrogen) atoms. The Balaban J connectivity index is 1.52. The predicted molar refractivity (Wildman–Crippen MR) is 178 cm³/mol. The number of esters is 4. The van der Waals surface area contributed by atoms with Crippen molar-refractivity contribution in [2.75, 3.05) is 19.8 Å². The van der Waals surface area contributed by atoms with Crippen LogP contribution >= 0.6 is 0 Å². The van der Waals surface area contributed by atoms with E-state index in [9.17, 15) is 19.2 Å². The van der Waals surface area contributed by atoms with Gasteiger partial charge in [-0.05, 0) is 94.8 Å². The van der Waals surface area contributed by atoms with Gasteiger partial charge in [0.25, 0.3) is 0 Å². The summed E-state index contributed by atoms with van der Waals surface area (Å²) in [5.41, 5.74) is -0.558. The monoisotopic (exact) mass is 648 g/mol. The van der Waals surface area contributed by atoms with Gasteiger partial charge in [0.05, 0.1) is 17.8 Å². The number of rotatable bonds is 16. The second-order valence-electron chi connectivity index (χ2n) is 16.1. The van der Waals surface area contributed by atoms with Crippen LogP contribution in [0, 0.1) is 46.3 Å². The molecule has 0 aromatic carbocycles. The first-order chi connectivity index (χ1) is 21.7. The van der Waals surface area contributed by atoms with E-state index in [-0.39, 0.29) is 35.9 Å². The average Bonchev–Trinajstić information content (AvgIpc) is 3.00. The second kappa shape index (κ2) is 16.8. The van der Waals surface area contributed by atoms with Crippen molar-refractivity contribution in [1.82, 2.24) is 0 Å². The molecule has 0 N–H and O–H groups in total. The van der Waals surface area contributed by atoms with Gasteiger partial charge in [-0.15, -0.1) is 0 Å². The maximum atomic E-state index is 13.2. The summed E-state index contributed by atoms with van der Waals surface area (Å²) in [5, 5.41) is 0. The first-order valence-electron chi connectivity index (χ1n) is 18.4. The Morgan fingerprint density at radius 2 is 1.50 bits per heavy atom. The summed E-state index contributed by atoms with van der Waals surface area (Å²) in [4.78, 5) is 51.9. The Bertz CT molecular complexity index is 1040. The van der Waals surface area contributed by atoms with Crippen molar-refractivity contribution < 1.29 is 38.1 Å². The zero-order chi connectivity index (χ0) is 34.1. The zero-order valence-corrected chi connectivity index (χ0v) is 30.3. The molecule has 0 aliphatic heterocycles. The number of carbonyl (C=O) groups excluding carboxylic acids is 4. The molecule has 2 bridgehead atoms. The van der Waals surface area contributed by atoms with E-state index in [1.807, 2.05) is 20.8 Å². The molecule has 264 valence electrons. The summed E-state index contributed by atoms with van der Waals surface area (Å²) >= 11 is 0. The Morgan fingerprint density at radius 1 is 0.870 bits per heavy atom. The molecule has 0 heterocycles. The van der Waals surface area contributed by atoms with E-state index in [0.29, 0.717) is 30.6 Å². The molecule has 3 saturated carbocycles. The van der Waals surface area contributed by atoms with Crippen LogP contribution < -0.4 is 0 Å². The van der Waals surface area contributed by atoms with Crippen molar-refractivity contribution in [3.05, 3.63) is 0 Å². The van der Waals surface area contributed by atoms with E-state index < -0.39 is 42.0 Å². The Morgan fingerprint density at radius 3 is 2.09 bits per heavy atom. The molecule has 0 amide bonds. The van der Waals surface area contributed by atoms with E-state index in [2.05, 4.69) is 34.6 Å². The van der Waals surface area contributed by atoms with Crippen LogP contribution in [0.2, 0.25) is 0 Å². The molecule has 8 heteroatoms. The van der Waals surface area contributed by atoms with Crippen LogP contribution in [-0.4, -0.2) is 49.3 Å². The van der Waals surface area contributed by atoms with E-state index in [1.165, 1.54) is 12.8 Å². The zero-order valence-electron chi connectivity index (χ0n) is 30.3. The average molecular weight is 649 g/mol. The molecule has 3 fully saturated rings. The topological polar surface area (TPSA) is 105 Å². The molecular weight excluding hydrogens is 584 g/mol. The van der Waals surface area contributed by atoms with Crippen LogP contribution in [0.3, 0.4) is 0 Å². The normalized spacial score (nSPS) is 30.3. The number of hydrogen-bond acceptors (Lipinski definition) is 8. The van der Waals surface area contributed by atoms with Crippen LogP contribution in [0.5, 0.6) is 0 Å². The Labute approximate surface area is 278 Å². The van der Waals surface area contributed by atoms with Gasteiger partial charge in [-0.25, -0.2) is 4.79 Å². The highest BCUT2D eigenvalue weighted by Gasteiger charge is 2.57. The smallest absolute Gasteiger partial charge is 0.344 e. The van der Waals surface area contributed by atoms with E-state index in [0.717, 1.165) is 64.2 Å². The molecule has 3 rings (SSSR count). The van der Waals surface area contributed by atoms with Crippen LogP contribution in [0.25, 0.3) is 0 Å². The minimum absolute atomic E-state index is 0.00894. The first-order valence-corrected chi connectivity index (χ1v) is 18.4. The van der Waals surface area contributed by atoms with Crippen molar-refractivity contribution in [3.8, 4) is 0 Å².